The van der Waals surface area contributed by atoms with Crippen molar-refractivity contribution in [3.63, 3.8) is 0 Å². The van der Waals surface area contributed by atoms with E-state index in [-0.39, 0.29) is 11.3 Å². The lowest BCUT2D eigenvalue weighted by molar-refractivity contribution is 0.205. The quantitative estimate of drug-likeness (QED) is 0.656. The molecule has 7 heteroatoms. The minimum Gasteiger partial charge on any atom is -0.489 e. The van der Waals surface area contributed by atoms with Crippen LogP contribution in [-0.4, -0.2) is 50.4 Å². The highest BCUT2D eigenvalue weighted by atomic mass is 16.5. The van der Waals surface area contributed by atoms with Gasteiger partial charge in [-0.1, -0.05) is 0 Å². The van der Waals surface area contributed by atoms with Crippen LogP contribution in [0.5, 0.6) is 5.75 Å². The van der Waals surface area contributed by atoms with Crippen LogP contribution in [0.2, 0.25) is 0 Å². The molecule has 0 bridgehead atoms. The number of aromatic amines is 1. The number of nitrogens with zero attached hydrogens (tertiary/aromatic N) is 2. The van der Waals surface area contributed by atoms with Crippen molar-refractivity contribution in [3.8, 4) is 5.75 Å². The van der Waals surface area contributed by atoms with Crippen LogP contribution in [0.4, 0.5) is 5.82 Å². The number of nitrogens with two attached hydrogens (primary N) is 1. The van der Waals surface area contributed by atoms with Crippen molar-refractivity contribution in [2.24, 2.45) is 5.73 Å². The standard InChI is InChI=1S/C11H20N4O3/c1-17-7-6-15(5-3-4-12)10-9(18-2)11(16)14-8-13-10/h8H,3-7,12H2,1-2H3,(H,13,14,16). The molecule has 0 amide bonds. The number of ether oxygens (including phenoxy) is 2. The summed E-state index contributed by atoms with van der Waals surface area (Å²) in [5.41, 5.74) is 5.21. The molecule has 0 saturated heterocycles. The van der Waals surface area contributed by atoms with Crippen LogP contribution < -0.4 is 20.9 Å². The number of hydrogen-bond donors (Lipinski definition) is 2. The van der Waals surface area contributed by atoms with E-state index in [1.807, 2.05) is 4.90 Å². The van der Waals surface area contributed by atoms with E-state index in [9.17, 15) is 4.79 Å². The molecule has 1 rings (SSSR count). The van der Waals surface area contributed by atoms with Gasteiger partial charge in [0.05, 0.1) is 20.0 Å². The lowest BCUT2D eigenvalue weighted by Gasteiger charge is -2.24. The van der Waals surface area contributed by atoms with Crippen molar-refractivity contribution < 1.29 is 9.47 Å². The lowest BCUT2D eigenvalue weighted by Crippen LogP contribution is -2.32. The molecule has 0 aliphatic rings. The van der Waals surface area contributed by atoms with E-state index in [2.05, 4.69) is 9.97 Å². The maximum atomic E-state index is 11.6. The molecule has 0 aliphatic heterocycles. The highest BCUT2D eigenvalue weighted by Gasteiger charge is 2.15. The third-order valence-electron chi connectivity index (χ3n) is 2.49. The van der Waals surface area contributed by atoms with Crippen LogP contribution >= 0.6 is 0 Å². The summed E-state index contributed by atoms with van der Waals surface area (Å²) in [6.07, 6.45) is 2.17. The molecule has 102 valence electrons. The maximum Gasteiger partial charge on any atom is 0.295 e. The van der Waals surface area contributed by atoms with Crippen LogP contribution in [-0.2, 0) is 4.74 Å². The van der Waals surface area contributed by atoms with E-state index in [0.717, 1.165) is 6.42 Å². The fourth-order valence-electron chi connectivity index (χ4n) is 1.59. The van der Waals surface area contributed by atoms with Gasteiger partial charge >= 0.3 is 0 Å². The molecule has 0 atom stereocenters. The van der Waals surface area contributed by atoms with Crippen LogP contribution in [0, 0.1) is 0 Å². The topological polar surface area (TPSA) is 93.5 Å². The average Bonchev–Trinajstić information content (AvgIpc) is 2.39. The molecule has 0 aromatic carbocycles. The molecule has 1 heterocycles. The zero-order valence-corrected chi connectivity index (χ0v) is 10.8. The zero-order valence-electron chi connectivity index (χ0n) is 10.8. The predicted molar refractivity (Wildman–Crippen MR) is 69.2 cm³/mol. The van der Waals surface area contributed by atoms with Gasteiger partial charge in [-0.15, -0.1) is 0 Å². The minimum absolute atomic E-state index is 0.214. The normalized spacial score (nSPS) is 10.4. The number of methoxy groups -OCH3 is 2. The molecular formula is C11H20N4O3. The van der Waals surface area contributed by atoms with E-state index in [1.165, 1.54) is 13.4 Å². The predicted octanol–water partition coefficient (Wildman–Crippen LogP) is -0.420. The molecule has 0 fully saturated rings. The maximum absolute atomic E-state index is 11.6. The summed E-state index contributed by atoms with van der Waals surface area (Å²) in [5.74, 6) is 0.734. The summed E-state index contributed by atoms with van der Waals surface area (Å²) >= 11 is 0. The second-order valence-electron chi connectivity index (χ2n) is 3.71. The van der Waals surface area contributed by atoms with Gasteiger partial charge in [0.2, 0.25) is 5.75 Å². The van der Waals surface area contributed by atoms with Crippen molar-refractivity contribution >= 4 is 5.82 Å². The van der Waals surface area contributed by atoms with E-state index in [1.54, 1.807) is 7.11 Å². The second-order valence-corrected chi connectivity index (χ2v) is 3.71. The van der Waals surface area contributed by atoms with Gasteiger partial charge in [0, 0.05) is 20.2 Å². The van der Waals surface area contributed by atoms with Crippen LogP contribution in [0.3, 0.4) is 0 Å². The Kier molecular flexibility index (Phi) is 6.16. The molecule has 0 aliphatic carbocycles. The Balaban J connectivity index is 2.95. The van der Waals surface area contributed by atoms with Crippen molar-refractivity contribution in [1.82, 2.24) is 9.97 Å². The van der Waals surface area contributed by atoms with Gasteiger partial charge in [-0.3, -0.25) is 4.79 Å². The van der Waals surface area contributed by atoms with Gasteiger partial charge in [-0.05, 0) is 13.0 Å². The Hall–Kier alpha value is -1.60. The molecule has 0 unspecified atom stereocenters. The Labute approximate surface area is 106 Å². The summed E-state index contributed by atoms with van der Waals surface area (Å²) in [6.45, 7) is 2.45. The van der Waals surface area contributed by atoms with Crippen molar-refractivity contribution in [2.45, 2.75) is 6.42 Å². The number of anilines is 1. The van der Waals surface area contributed by atoms with Gasteiger partial charge in [0.25, 0.3) is 5.56 Å². The van der Waals surface area contributed by atoms with Crippen molar-refractivity contribution in [3.05, 3.63) is 16.7 Å². The van der Waals surface area contributed by atoms with Gasteiger partial charge in [-0.2, -0.15) is 0 Å². The molecule has 18 heavy (non-hydrogen) atoms. The Morgan fingerprint density at radius 3 is 2.83 bits per heavy atom. The molecule has 0 saturated carbocycles. The average molecular weight is 256 g/mol. The third kappa shape index (κ3) is 3.71. The Bertz CT molecular complexity index is 400. The first-order chi connectivity index (χ1) is 8.74. The van der Waals surface area contributed by atoms with E-state index < -0.39 is 0 Å². The summed E-state index contributed by atoms with van der Waals surface area (Å²) < 4.78 is 10.1. The monoisotopic (exact) mass is 256 g/mol. The molecule has 0 spiro atoms. The highest BCUT2D eigenvalue weighted by Crippen LogP contribution is 2.20. The molecule has 1 aromatic rings. The molecule has 0 radical (unpaired) electrons. The number of hydrogen-bond acceptors (Lipinski definition) is 6. The first-order valence-electron chi connectivity index (χ1n) is 5.80. The third-order valence-corrected chi connectivity index (χ3v) is 2.49. The first-order valence-corrected chi connectivity index (χ1v) is 5.80. The lowest BCUT2D eigenvalue weighted by atomic mass is 10.3. The molecule has 7 nitrogen and oxygen atoms in total. The second kappa shape index (κ2) is 7.67. The molecular weight excluding hydrogens is 236 g/mol. The smallest absolute Gasteiger partial charge is 0.295 e. The van der Waals surface area contributed by atoms with E-state index >= 15 is 0 Å². The number of rotatable bonds is 8. The number of H-pyrrole nitrogens is 1. The fourth-order valence-corrected chi connectivity index (χ4v) is 1.59. The highest BCUT2D eigenvalue weighted by molar-refractivity contribution is 5.50. The largest absolute Gasteiger partial charge is 0.489 e. The van der Waals surface area contributed by atoms with Gasteiger partial charge in [0.15, 0.2) is 5.82 Å². The van der Waals surface area contributed by atoms with E-state index in [4.69, 9.17) is 15.2 Å². The fraction of sp³-hybridized carbons (Fsp3) is 0.636. The Morgan fingerprint density at radius 2 is 2.22 bits per heavy atom. The molecule has 3 N–H and O–H groups in total. The van der Waals surface area contributed by atoms with Crippen LogP contribution in [0.25, 0.3) is 0 Å². The van der Waals surface area contributed by atoms with Gasteiger partial charge < -0.3 is 25.1 Å². The zero-order chi connectivity index (χ0) is 13.4. The van der Waals surface area contributed by atoms with Crippen molar-refractivity contribution in [1.29, 1.82) is 0 Å². The number of nitrogens with one attached hydrogen (secondary N) is 1. The van der Waals surface area contributed by atoms with Gasteiger partial charge in [-0.25, -0.2) is 4.98 Å². The van der Waals surface area contributed by atoms with Crippen LogP contribution in [0.15, 0.2) is 11.1 Å². The first kappa shape index (κ1) is 14.5. The Morgan fingerprint density at radius 1 is 1.44 bits per heavy atom. The summed E-state index contributed by atoms with van der Waals surface area (Å²) in [7, 11) is 3.08. The van der Waals surface area contributed by atoms with Crippen molar-refractivity contribution in [2.75, 3.05) is 45.4 Å². The van der Waals surface area contributed by atoms with Gasteiger partial charge in [0.1, 0.15) is 0 Å². The van der Waals surface area contributed by atoms with E-state index in [0.29, 0.717) is 32.1 Å². The van der Waals surface area contributed by atoms with Crippen LogP contribution in [0.1, 0.15) is 6.42 Å². The SMILES string of the molecule is COCCN(CCCN)c1nc[nH]c(=O)c1OC. The minimum atomic E-state index is -0.294. The number of aromatic nitrogens is 2. The molecule has 1 aromatic heterocycles. The summed E-state index contributed by atoms with van der Waals surface area (Å²) in [4.78, 5) is 20.2. The summed E-state index contributed by atoms with van der Waals surface area (Å²) in [5, 5.41) is 0. The summed E-state index contributed by atoms with van der Waals surface area (Å²) in [6, 6.07) is 0.